The van der Waals surface area contributed by atoms with E-state index in [4.69, 9.17) is 9.47 Å². The van der Waals surface area contributed by atoms with E-state index in [0.717, 1.165) is 18.4 Å². The van der Waals surface area contributed by atoms with Gasteiger partial charge in [-0.3, -0.25) is 4.79 Å². The van der Waals surface area contributed by atoms with Crippen LogP contribution in [0.3, 0.4) is 0 Å². The van der Waals surface area contributed by atoms with Crippen molar-refractivity contribution in [1.82, 2.24) is 15.0 Å². The van der Waals surface area contributed by atoms with Crippen LogP contribution in [0.5, 0.6) is 11.5 Å². The van der Waals surface area contributed by atoms with Crippen molar-refractivity contribution in [3.8, 4) is 11.5 Å². The average Bonchev–Trinajstić information content (AvgIpc) is 3.45. The summed E-state index contributed by atoms with van der Waals surface area (Å²) in [6, 6.07) is 15.4. The Hall–Kier alpha value is -3.61. The van der Waals surface area contributed by atoms with Crippen molar-refractivity contribution >= 4 is 17.7 Å². The zero-order valence-electron chi connectivity index (χ0n) is 17.5. The number of nitrogens with zero attached hydrogens (tertiary/aromatic N) is 3. The highest BCUT2D eigenvalue weighted by molar-refractivity contribution is 6.01. The molecule has 1 aliphatic carbocycles. The van der Waals surface area contributed by atoms with Crippen LogP contribution in [0.15, 0.2) is 60.8 Å². The summed E-state index contributed by atoms with van der Waals surface area (Å²) in [5, 5.41) is 11.1. The van der Waals surface area contributed by atoms with Crippen LogP contribution in [0.4, 0.5) is 5.69 Å². The van der Waals surface area contributed by atoms with E-state index in [-0.39, 0.29) is 12.0 Å². The fourth-order valence-electron chi connectivity index (χ4n) is 3.61. The lowest BCUT2D eigenvalue weighted by molar-refractivity contribution is -0.111. The maximum absolute atomic E-state index is 12.4. The molecular weight excluding hydrogens is 392 g/mol. The molecule has 0 saturated heterocycles. The van der Waals surface area contributed by atoms with E-state index in [1.807, 2.05) is 30.3 Å². The summed E-state index contributed by atoms with van der Waals surface area (Å²) in [5.74, 6) is 1.06. The van der Waals surface area contributed by atoms with Gasteiger partial charge in [-0.15, -0.1) is 5.10 Å². The second kappa shape index (κ2) is 9.93. The maximum Gasteiger partial charge on any atom is 0.248 e. The van der Waals surface area contributed by atoms with E-state index in [0.29, 0.717) is 29.4 Å². The first-order valence-electron chi connectivity index (χ1n) is 10.5. The van der Waals surface area contributed by atoms with Crippen LogP contribution in [-0.4, -0.2) is 34.1 Å². The van der Waals surface area contributed by atoms with Gasteiger partial charge < -0.3 is 14.8 Å². The van der Waals surface area contributed by atoms with Crippen LogP contribution in [-0.2, 0) is 11.3 Å². The Morgan fingerprint density at radius 1 is 1.16 bits per heavy atom. The Morgan fingerprint density at radius 3 is 2.74 bits per heavy atom. The average molecular weight is 418 g/mol. The zero-order chi connectivity index (χ0) is 21.5. The molecule has 4 rings (SSSR count). The van der Waals surface area contributed by atoms with Gasteiger partial charge in [-0.2, -0.15) is 0 Å². The number of nitrogens with one attached hydrogen (secondary N) is 1. The van der Waals surface area contributed by atoms with Gasteiger partial charge in [-0.1, -0.05) is 35.5 Å². The second-order valence-electron chi connectivity index (χ2n) is 7.54. The van der Waals surface area contributed by atoms with E-state index in [9.17, 15) is 4.79 Å². The number of carbonyl (C=O) groups excluding carboxylic acids is 1. The van der Waals surface area contributed by atoms with Crippen molar-refractivity contribution in [2.75, 3.05) is 12.4 Å². The van der Waals surface area contributed by atoms with Gasteiger partial charge in [0.05, 0.1) is 26.0 Å². The third-order valence-electron chi connectivity index (χ3n) is 5.18. The minimum absolute atomic E-state index is 0.207. The van der Waals surface area contributed by atoms with E-state index >= 15 is 0 Å². The molecule has 1 N–H and O–H groups in total. The molecule has 7 heteroatoms. The molecule has 7 nitrogen and oxygen atoms in total. The summed E-state index contributed by atoms with van der Waals surface area (Å²) in [5.41, 5.74) is 2.40. The lowest BCUT2D eigenvalue weighted by Gasteiger charge is -2.17. The van der Waals surface area contributed by atoms with Crippen molar-refractivity contribution in [1.29, 1.82) is 0 Å². The summed E-state index contributed by atoms with van der Waals surface area (Å²) in [7, 11) is 1.61. The highest BCUT2D eigenvalue weighted by atomic mass is 16.5. The Bertz CT molecular complexity index is 1040. The van der Waals surface area contributed by atoms with Gasteiger partial charge in [0.2, 0.25) is 5.91 Å². The number of amides is 1. The largest absolute Gasteiger partial charge is 0.493 e. The number of ether oxygens (including phenoxy) is 2. The molecule has 0 radical (unpaired) electrons. The van der Waals surface area contributed by atoms with Crippen molar-refractivity contribution in [3.05, 3.63) is 72.1 Å². The Morgan fingerprint density at radius 2 is 1.97 bits per heavy atom. The highest BCUT2D eigenvalue weighted by Gasteiger charge is 2.18. The number of aromatic nitrogens is 3. The van der Waals surface area contributed by atoms with Crippen LogP contribution >= 0.6 is 0 Å². The van der Waals surface area contributed by atoms with Gasteiger partial charge in [-0.05, 0) is 49.5 Å². The van der Waals surface area contributed by atoms with Crippen molar-refractivity contribution < 1.29 is 14.3 Å². The molecule has 1 fully saturated rings. The molecule has 1 aromatic heterocycles. The molecule has 1 saturated carbocycles. The topological polar surface area (TPSA) is 78.3 Å². The summed E-state index contributed by atoms with van der Waals surface area (Å²) >= 11 is 0. The lowest BCUT2D eigenvalue weighted by atomic mass is 10.2. The minimum Gasteiger partial charge on any atom is -0.493 e. The quantitative estimate of drug-likeness (QED) is 0.552. The molecule has 0 unspecified atom stereocenters. The Balaban J connectivity index is 1.36. The smallest absolute Gasteiger partial charge is 0.248 e. The number of methoxy groups -OCH3 is 1. The first-order chi connectivity index (χ1) is 15.2. The summed E-state index contributed by atoms with van der Waals surface area (Å²) in [6.45, 7) is 0.628. The molecule has 2 aromatic carbocycles. The van der Waals surface area contributed by atoms with Gasteiger partial charge in [0.1, 0.15) is 5.69 Å². The van der Waals surface area contributed by atoms with Gasteiger partial charge in [0.25, 0.3) is 0 Å². The van der Waals surface area contributed by atoms with Crippen LogP contribution < -0.4 is 14.8 Å². The van der Waals surface area contributed by atoms with E-state index in [1.165, 1.54) is 18.9 Å². The Labute approximate surface area is 181 Å². The van der Waals surface area contributed by atoms with Gasteiger partial charge >= 0.3 is 0 Å². The first-order valence-corrected chi connectivity index (χ1v) is 10.5. The standard InChI is InChI=1S/C24H26N4O3/c1-30-22-13-11-19(15-23(22)31-21-9-5-6-10-21)25-24(29)14-12-20-17-28(27-26-20)16-18-7-3-2-4-8-18/h2-4,7-8,11-15,17,21H,5-6,9-10,16H2,1H3,(H,25,29)/b14-12+. The second-order valence-corrected chi connectivity index (χ2v) is 7.54. The molecular formula is C24H26N4O3. The lowest BCUT2D eigenvalue weighted by Crippen LogP contribution is -2.12. The number of anilines is 1. The van der Waals surface area contributed by atoms with Crippen molar-refractivity contribution in [2.24, 2.45) is 0 Å². The molecule has 0 aliphatic heterocycles. The Kier molecular flexibility index (Phi) is 6.62. The summed E-state index contributed by atoms with van der Waals surface area (Å²) < 4.78 is 13.2. The van der Waals surface area contributed by atoms with Gasteiger partial charge in [0, 0.05) is 17.8 Å². The molecule has 0 bridgehead atoms. The van der Waals surface area contributed by atoms with E-state index < -0.39 is 0 Å². The van der Waals surface area contributed by atoms with Crippen LogP contribution in [0, 0.1) is 0 Å². The maximum atomic E-state index is 12.4. The summed E-state index contributed by atoms with van der Waals surface area (Å²) in [6.07, 6.45) is 9.56. The molecule has 0 atom stereocenters. The fraction of sp³-hybridized carbons (Fsp3) is 0.292. The molecule has 1 heterocycles. The molecule has 31 heavy (non-hydrogen) atoms. The number of carbonyl (C=O) groups is 1. The molecule has 1 amide bonds. The van der Waals surface area contributed by atoms with Crippen LogP contribution in [0.25, 0.3) is 6.08 Å². The third-order valence-corrected chi connectivity index (χ3v) is 5.18. The molecule has 1 aliphatic rings. The normalized spacial score (nSPS) is 14.1. The SMILES string of the molecule is COc1ccc(NC(=O)/C=C/c2cn(Cc3ccccc3)nn2)cc1OC1CCCC1. The minimum atomic E-state index is -0.255. The fourth-order valence-corrected chi connectivity index (χ4v) is 3.61. The number of hydrogen-bond donors (Lipinski definition) is 1. The zero-order valence-corrected chi connectivity index (χ0v) is 17.5. The number of rotatable bonds is 8. The van der Waals surface area contributed by atoms with Gasteiger partial charge in [0.15, 0.2) is 11.5 Å². The summed E-state index contributed by atoms with van der Waals surface area (Å²) in [4.78, 5) is 12.4. The van der Waals surface area contributed by atoms with Crippen molar-refractivity contribution in [2.45, 2.75) is 38.3 Å². The predicted molar refractivity (Wildman–Crippen MR) is 119 cm³/mol. The highest BCUT2D eigenvalue weighted by Crippen LogP contribution is 2.33. The molecule has 160 valence electrons. The monoisotopic (exact) mass is 418 g/mol. The van der Waals surface area contributed by atoms with Gasteiger partial charge in [-0.25, -0.2) is 4.68 Å². The third kappa shape index (κ3) is 5.72. The van der Waals surface area contributed by atoms with E-state index in [2.05, 4.69) is 15.6 Å². The van der Waals surface area contributed by atoms with Crippen molar-refractivity contribution in [3.63, 3.8) is 0 Å². The molecule has 0 spiro atoms. The first kappa shape index (κ1) is 20.7. The van der Waals surface area contributed by atoms with Crippen LogP contribution in [0.1, 0.15) is 36.9 Å². The number of hydrogen-bond acceptors (Lipinski definition) is 5. The van der Waals surface area contributed by atoms with Crippen LogP contribution in [0.2, 0.25) is 0 Å². The number of benzene rings is 2. The van der Waals surface area contributed by atoms with E-state index in [1.54, 1.807) is 42.3 Å². The predicted octanol–water partition coefficient (Wildman–Crippen LogP) is 4.31. The molecule has 3 aromatic rings.